The van der Waals surface area contributed by atoms with Crippen LogP contribution in [0, 0.1) is 17.8 Å². The molecule has 2 N–H and O–H groups in total. The zero-order valence-electron chi connectivity index (χ0n) is 10.6. The fourth-order valence-corrected chi connectivity index (χ4v) is 1.35. The Morgan fingerprint density at radius 1 is 1.25 bits per heavy atom. The molecule has 1 amide bonds. The maximum Gasteiger partial charge on any atom is 0.308 e. The molecular formula is C12H23NO3. The predicted octanol–water partition coefficient (Wildman–Crippen LogP) is 1.90. The first-order valence-electron chi connectivity index (χ1n) is 5.90. The average Bonchev–Trinajstić information content (AvgIpc) is 2.21. The number of aliphatic carboxylic acids is 1. The van der Waals surface area contributed by atoms with Gasteiger partial charge in [-0.2, -0.15) is 0 Å². The van der Waals surface area contributed by atoms with Crippen LogP contribution in [0.25, 0.3) is 0 Å². The summed E-state index contributed by atoms with van der Waals surface area (Å²) in [6.45, 7) is 7.99. The van der Waals surface area contributed by atoms with E-state index < -0.39 is 11.9 Å². The molecule has 0 aliphatic heterocycles. The molecule has 0 saturated carbocycles. The second-order valence-electron chi connectivity index (χ2n) is 4.60. The minimum Gasteiger partial charge on any atom is -0.481 e. The van der Waals surface area contributed by atoms with Crippen molar-refractivity contribution < 1.29 is 14.7 Å². The first kappa shape index (κ1) is 14.9. The summed E-state index contributed by atoms with van der Waals surface area (Å²) in [4.78, 5) is 22.5. The smallest absolute Gasteiger partial charge is 0.308 e. The highest BCUT2D eigenvalue weighted by Gasteiger charge is 2.20. The lowest BCUT2D eigenvalue weighted by molar-refractivity contribution is -0.142. The lowest BCUT2D eigenvalue weighted by Gasteiger charge is -2.17. The SMILES string of the molecule is CCCC(CNC(=O)C(C)C(C)C)C(=O)O. The molecule has 0 aliphatic carbocycles. The van der Waals surface area contributed by atoms with Gasteiger partial charge in [-0.05, 0) is 12.3 Å². The van der Waals surface area contributed by atoms with Gasteiger partial charge in [-0.3, -0.25) is 9.59 Å². The van der Waals surface area contributed by atoms with E-state index in [9.17, 15) is 9.59 Å². The van der Waals surface area contributed by atoms with Crippen LogP contribution >= 0.6 is 0 Å². The second-order valence-corrected chi connectivity index (χ2v) is 4.60. The molecule has 2 atom stereocenters. The number of carboxylic acids is 1. The summed E-state index contributed by atoms with van der Waals surface area (Å²) >= 11 is 0. The molecule has 4 heteroatoms. The molecule has 2 unspecified atom stereocenters. The van der Waals surface area contributed by atoms with Gasteiger partial charge in [0.05, 0.1) is 5.92 Å². The maximum absolute atomic E-state index is 11.6. The Labute approximate surface area is 97.4 Å². The first-order valence-corrected chi connectivity index (χ1v) is 5.90. The van der Waals surface area contributed by atoms with Gasteiger partial charge < -0.3 is 10.4 Å². The molecule has 0 saturated heterocycles. The number of hydrogen-bond donors (Lipinski definition) is 2. The summed E-state index contributed by atoms with van der Waals surface area (Å²) in [6.07, 6.45) is 1.41. The number of amides is 1. The van der Waals surface area contributed by atoms with E-state index in [1.165, 1.54) is 0 Å². The first-order chi connectivity index (χ1) is 7.40. The van der Waals surface area contributed by atoms with E-state index in [2.05, 4.69) is 5.32 Å². The van der Waals surface area contributed by atoms with Gasteiger partial charge >= 0.3 is 5.97 Å². The van der Waals surface area contributed by atoms with E-state index in [4.69, 9.17) is 5.11 Å². The highest BCUT2D eigenvalue weighted by molar-refractivity contribution is 5.79. The van der Waals surface area contributed by atoms with E-state index in [1.54, 1.807) is 0 Å². The molecule has 0 bridgehead atoms. The van der Waals surface area contributed by atoms with E-state index in [-0.39, 0.29) is 24.3 Å². The topological polar surface area (TPSA) is 66.4 Å². The quantitative estimate of drug-likeness (QED) is 0.700. The summed E-state index contributed by atoms with van der Waals surface area (Å²) in [5.74, 6) is -1.16. The number of nitrogens with one attached hydrogen (secondary N) is 1. The van der Waals surface area contributed by atoms with Crippen molar-refractivity contribution in [3.05, 3.63) is 0 Å². The molecule has 0 heterocycles. The summed E-state index contributed by atoms with van der Waals surface area (Å²) in [5.41, 5.74) is 0. The summed E-state index contributed by atoms with van der Waals surface area (Å²) in [6, 6.07) is 0. The normalized spacial score (nSPS) is 14.6. The van der Waals surface area contributed by atoms with Gasteiger partial charge in [0, 0.05) is 12.5 Å². The highest BCUT2D eigenvalue weighted by Crippen LogP contribution is 2.10. The molecule has 0 rings (SSSR count). The zero-order valence-corrected chi connectivity index (χ0v) is 10.6. The maximum atomic E-state index is 11.6. The van der Waals surface area contributed by atoms with Gasteiger partial charge in [0.2, 0.25) is 5.91 Å². The van der Waals surface area contributed by atoms with Crippen LogP contribution in [0.5, 0.6) is 0 Å². The molecular weight excluding hydrogens is 206 g/mol. The zero-order chi connectivity index (χ0) is 12.7. The molecule has 0 radical (unpaired) electrons. The average molecular weight is 229 g/mol. The monoisotopic (exact) mass is 229 g/mol. The van der Waals surface area contributed by atoms with Crippen LogP contribution in [0.2, 0.25) is 0 Å². The van der Waals surface area contributed by atoms with Crippen LogP contribution in [0.3, 0.4) is 0 Å². The van der Waals surface area contributed by atoms with Gasteiger partial charge in [0.25, 0.3) is 0 Å². The molecule has 0 fully saturated rings. The van der Waals surface area contributed by atoms with Crippen LogP contribution in [0.15, 0.2) is 0 Å². The number of carbonyl (C=O) groups is 2. The number of rotatable bonds is 7. The molecule has 16 heavy (non-hydrogen) atoms. The largest absolute Gasteiger partial charge is 0.481 e. The molecule has 94 valence electrons. The van der Waals surface area contributed by atoms with Crippen molar-refractivity contribution in [2.75, 3.05) is 6.54 Å². The van der Waals surface area contributed by atoms with Crippen LogP contribution in [-0.2, 0) is 9.59 Å². The molecule has 4 nitrogen and oxygen atoms in total. The van der Waals surface area contributed by atoms with Crippen LogP contribution < -0.4 is 5.32 Å². The number of carboxylic acid groups (broad SMARTS) is 1. The summed E-state index contributed by atoms with van der Waals surface area (Å²) < 4.78 is 0. The van der Waals surface area contributed by atoms with Crippen molar-refractivity contribution in [1.82, 2.24) is 5.32 Å². The van der Waals surface area contributed by atoms with Gasteiger partial charge in [0.15, 0.2) is 0 Å². The van der Waals surface area contributed by atoms with E-state index in [1.807, 2.05) is 27.7 Å². The lowest BCUT2D eigenvalue weighted by atomic mass is 9.96. The van der Waals surface area contributed by atoms with Crippen molar-refractivity contribution >= 4 is 11.9 Å². The Bertz CT molecular complexity index is 238. The third-order valence-electron chi connectivity index (χ3n) is 2.92. The number of carbonyl (C=O) groups excluding carboxylic acids is 1. The van der Waals surface area contributed by atoms with Crippen molar-refractivity contribution in [3.63, 3.8) is 0 Å². The van der Waals surface area contributed by atoms with Gasteiger partial charge in [-0.15, -0.1) is 0 Å². The van der Waals surface area contributed by atoms with E-state index in [0.717, 1.165) is 6.42 Å². The number of hydrogen-bond acceptors (Lipinski definition) is 2. The Hall–Kier alpha value is -1.06. The third-order valence-corrected chi connectivity index (χ3v) is 2.92. The Balaban J connectivity index is 4.10. The van der Waals surface area contributed by atoms with Crippen molar-refractivity contribution in [1.29, 1.82) is 0 Å². The third kappa shape index (κ3) is 5.14. The van der Waals surface area contributed by atoms with Crippen LogP contribution in [-0.4, -0.2) is 23.5 Å². The van der Waals surface area contributed by atoms with Crippen molar-refractivity contribution in [3.8, 4) is 0 Å². The van der Waals surface area contributed by atoms with Crippen molar-refractivity contribution in [2.45, 2.75) is 40.5 Å². The standard InChI is InChI=1S/C12H23NO3/c1-5-6-10(12(15)16)7-13-11(14)9(4)8(2)3/h8-10H,5-7H2,1-4H3,(H,13,14)(H,15,16). The van der Waals surface area contributed by atoms with Gasteiger partial charge in [-0.25, -0.2) is 0 Å². The Morgan fingerprint density at radius 2 is 1.81 bits per heavy atom. The molecule has 0 aromatic carbocycles. The van der Waals surface area contributed by atoms with Crippen LogP contribution in [0.1, 0.15) is 40.5 Å². The Morgan fingerprint density at radius 3 is 2.19 bits per heavy atom. The minimum atomic E-state index is -0.834. The van der Waals surface area contributed by atoms with E-state index in [0.29, 0.717) is 6.42 Å². The molecule has 0 spiro atoms. The molecule has 0 aliphatic rings. The predicted molar refractivity (Wildman–Crippen MR) is 63.0 cm³/mol. The van der Waals surface area contributed by atoms with Crippen LogP contribution in [0.4, 0.5) is 0 Å². The lowest BCUT2D eigenvalue weighted by Crippen LogP contribution is -2.37. The van der Waals surface area contributed by atoms with Gasteiger partial charge in [-0.1, -0.05) is 34.1 Å². The fourth-order valence-electron chi connectivity index (χ4n) is 1.35. The summed E-state index contributed by atoms with van der Waals surface area (Å²) in [5, 5.41) is 11.6. The van der Waals surface area contributed by atoms with Gasteiger partial charge in [0.1, 0.15) is 0 Å². The highest BCUT2D eigenvalue weighted by atomic mass is 16.4. The molecule has 0 aromatic rings. The fraction of sp³-hybridized carbons (Fsp3) is 0.833. The minimum absolute atomic E-state index is 0.0580. The Kier molecular flexibility index (Phi) is 6.77. The van der Waals surface area contributed by atoms with E-state index >= 15 is 0 Å². The molecule has 0 aromatic heterocycles. The van der Waals surface area contributed by atoms with Crippen molar-refractivity contribution in [2.24, 2.45) is 17.8 Å². The summed E-state index contributed by atoms with van der Waals surface area (Å²) in [7, 11) is 0. The second kappa shape index (κ2) is 7.25.